The first-order valence-corrected chi connectivity index (χ1v) is 15.0. The van der Waals surface area contributed by atoms with E-state index in [2.05, 4.69) is 0 Å². The molecule has 0 spiro atoms. The monoisotopic (exact) mass is 648 g/mol. The Morgan fingerprint density at radius 2 is 1.43 bits per heavy atom. The number of carbonyl (C=O) groups excluding carboxylic acids is 2. The van der Waals surface area contributed by atoms with Crippen molar-refractivity contribution in [3.05, 3.63) is 95.1 Å². The van der Waals surface area contributed by atoms with E-state index in [1.54, 1.807) is 24.3 Å². The summed E-state index contributed by atoms with van der Waals surface area (Å²) in [7, 11) is 0. The van der Waals surface area contributed by atoms with Crippen molar-refractivity contribution in [1.82, 2.24) is 0 Å². The molecule has 3 aromatic rings. The van der Waals surface area contributed by atoms with Crippen molar-refractivity contribution in [3.8, 4) is 23.0 Å². The van der Waals surface area contributed by atoms with Crippen LogP contribution in [0.25, 0.3) is 12.2 Å². The third kappa shape index (κ3) is 8.48. The molecule has 0 saturated carbocycles. The summed E-state index contributed by atoms with van der Waals surface area (Å²) in [6, 6.07) is 14.9. The third-order valence-electron chi connectivity index (χ3n) is 8.00. The smallest absolute Gasteiger partial charge is 0.331 e. The highest BCUT2D eigenvalue weighted by atomic mass is 16.7. The summed E-state index contributed by atoms with van der Waals surface area (Å²) in [5, 5.41) is 61.4. The number of carbonyl (C=O) groups is 2. The summed E-state index contributed by atoms with van der Waals surface area (Å²) in [5.41, 5.74) is 2.56. The number of esters is 2. The van der Waals surface area contributed by atoms with E-state index < -0.39 is 55.4 Å². The lowest BCUT2D eigenvalue weighted by Crippen LogP contribution is -2.61. The third-order valence-corrected chi connectivity index (χ3v) is 8.00. The van der Waals surface area contributed by atoms with Crippen molar-refractivity contribution in [3.63, 3.8) is 0 Å². The van der Waals surface area contributed by atoms with E-state index in [0.29, 0.717) is 28.7 Å². The highest BCUT2D eigenvalue weighted by Crippen LogP contribution is 2.41. The molecule has 1 heterocycles. The minimum absolute atomic E-state index is 0.0271. The van der Waals surface area contributed by atoms with Crippen LogP contribution in [0.1, 0.15) is 41.5 Å². The standard InChI is InChI=1S/C35H36O12/c1-19-14-26(16-22-15-25(38)17-27(39)31(19)22)45-35-33(43)32(42)34(47-30(41)13-7-21-4-10-24(37)11-5-21)28(46-35)18-44-29(40)12-6-20-2-8-23(36)9-3-20/h2-13,15,17,19,26,28,32-39,42-43H,14,16,18H2,1H3/t19-,26+,28+,32+,33-,34-,35-/m1/s1. The molecule has 1 fully saturated rings. The van der Waals surface area contributed by atoms with E-state index in [4.69, 9.17) is 18.9 Å². The van der Waals surface area contributed by atoms with E-state index >= 15 is 0 Å². The van der Waals surface area contributed by atoms with E-state index in [-0.39, 0.29) is 35.3 Å². The minimum atomic E-state index is -1.70. The topological polar surface area (TPSA) is 192 Å². The number of aliphatic hydroxyl groups excluding tert-OH is 2. The van der Waals surface area contributed by atoms with Crippen LogP contribution in [0.4, 0.5) is 0 Å². The van der Waals surface area contributed by atoms with Gasteiger partial charge in [-0.05, 0) is 77.9 Å². The van der Waals surface area contributed by atoms with Gasteiger partial charge < -0.3 is 49.6 Å². The lowest BCUT2D eigenvalue weighted by atomic mass is 9.81. The van der Waals surface area contributed by atoms with Crippen LogP contribution < -0.4 is 0 Å². The molecule has 7 atom stereocenters. The van der Waals surface area contributed by atoms with Gasteiger partial charge in [0.25, 0.3) is 0 Å². The Morgan fingerprint density at radius 1 is 0.830 bits per heavy atom. The number of aliphatic hydroxyl groups is 2. The fourth-order valence-electron chi connectivity index (χ4n) is 5.74. The molecule has 12 heteroatoms. The van der Waals surface area contributed by atoms with Gasteiger partial charge in [-0.1, -0.05) is 31.2 Å². The molecule has 5 rings (SSSR count). The second kappa shape index (κ2) is 14.7. The maximum atomic E-state index is 12.8. The van der Waals surface area contributed by atoms with E-state index in [0.717, 1.165) is 12.2 Å². The molecule has 1 aliphatic heterocycles. The van der Waals surface area contributed by atoms with Crippen molar-refractivity contribution in [2.24, 2.45) is 0 Å². The molecule has 47 heavy (non-hydrogen) atoms. The van der Waals surface area contributed by atoms with Crippen LogP contribution in [0, 0.1) is 0 Å². The average molecular weight is 649 g/mol. The second-order valence-electron chi connectivity index (χ2n) is 11.5. The molecule has 1 saturated heterocycles. The lowest BCUT2D eigenvalue weighted by molar-refractivity contribution is -0.313. The fourth-order valence-corrected chi connectivity index (χ4v) is 5.74. The Labute approximate surface area is 270 Å². The number of rotatable bonds is 9. The lowest BCUT2D eigenvalue weighted by Gasteiger charge is -2.43. The average Bonchev–Trinajstić information content (AvgIpc) is 3.02. The van der Waals surface area contributed by atoms with Crippen LogP contribution in [0.2, 0.25) is 0 Å². The predicted molar refractivity (Wildman–Crippen MR) is 167 cm³/mol. The molecule has 0 radical (unpaired) electrons. The van der Waals surface area contributed by atoms with Crippen molar-refractivity contribution < 1.29 is 59.2 Å². The number of fused-ring (bicyclic) bond motifs is 1. The van der Waals surface area contributed by atoms with Gasteiger partial charge in [-0.3, -0.25) is 0 Å². The maximum absolute atomic E-state index is 12.8. The van der Waals surface area contributed by atoms with Gasteiger partial charge in [-0.15, -0.1) is 0 Å². The Morgan fingerprint density at radius 3 is 2.04 bits per heavy atom. The summed E-state index contributed by atoms with van der Waals surface area (Å²) in [6.07, 6.45) is -2.18. The summed E-state index contributed by atoms with van der Waals surface area (Å²) < 4.78 is 22.9. The van der Waals surface area contributed by atoms with Gasteiger partial charge in [0.05, 0.1) is 6.10 Å². The first-order valence-electron chi connectivity index (χ1n) is 15.0. The molecule has 1 aliphatic carbocycles. The van der Waals surface area contributed by atoms with Gasteiger partial charge in [0.15, 0.2) is 12.4 Å². The van der Waals surface area contributed by atoms with Crippen LogP contribution >= 0.6 is 0 Å². The summed E-state index contributed by atoms with van der Waals surface area (Å²) >= 11 is 0. The number of aromatic hydroxyl groups is 4. The highest BCUT2D eigenvalue weighted by Gasteiger charge is 2.48. The van der Waals surface area contributed by atoms with Crippen LogP contribution in [0.3, 0.4) is 0 Å². The van der Waals surface area contributed by atoms with E-state index in [1.807, 2.05) is 6.92 Å². The number of benzene rings is 3. The van der Waals surface area contributed by atoms with E-state index in [9.17, 15) is 40.2 Å². The first-order chi connectivity index (χ1) is 22.5. The summed E-state index contributed by atoms with van der Waals surface area (Å²) in [4.78, 5) is 25.3. The van der Waals surface area contributed by atoms with Crippen LogP contribution in [0.5, 0.6) is 23.0 Å². The molecule has 248 valence electrons. The van der Waals surface area contributed by atoms with Gasteiger partial charge in [0.2, 0.25) is 0 Å². The molecule has 0 aromatic heterocycles. The predicted octanol–water partition coefficient (Wildman–Crippen LogP) is 3.27. The zero-order valence-electron chi connectivity index (χ0n) is 25.4. The normalized spacial score (nSPS) is 25.8. The first kappa shape index (κ1) is 33.5. The number of hydrogen-bond donors (Lipinski definition) is 6. The highest BCUT2D eigenvalue weighted by molar-refractivity contribution is 5.87. The Balaban J connectivity index is 1.30. The zero-order chi connectivity index (χ0) is 33.7. The quantitative estimate of drug-likeness (QED) is 0.147. The van der Waals surface area contributed by atoms with Crippen LogP contribution in [0.15, 0.2) is 72.8 Å². The largest absolute Gasteiger partial charge is 0.508 e. The molecule has 3 aromatic carbocycles. The Bertz CT molecular complexity index is 1610. The van der Waals surface area contributed by atoms with Crippen molar-refractivity contribution in [2.45, 2.75) is 62.5 Å². The minimum Gasteiger partial charge on any atom is -0.508 e. The molecule has 2 aliphatic rings. The van der Waals surface area contributed by atoms with Gasteiger partial charge in [0, 0.05) is 23.8 Å². The zero-order valence-corrected chi connectivity index (χ0v) is 25.4. The molecular weight excluding hydrogens is 612 g/mol. The van der Waals surface area contributed by atoms with Crippen LogP contribution in [-0.4, -0.2) is 86.0 Å². The van der Waals surface area contributed by atoms with Gasteiger partial charge in [-0.25, -0.2) is 9.59 Å². The van der Waals surface area contributed by atoms with E-state index in [1.165, 1.54) is 48.6 Å². The van der Waals surface area contributed by atoms with Crippen molar-refractivity contribution >= 4 is 24.1 Å². The SMILES string of the molecule is C[C@@H]1C[C@H](O[C@@H]2O[C@@H](COC(=O)C=Cc3ccc(O)cc3)[C@@H](OC(=O)C=Cc3ccc(O)cc3)[C@@H](O)[C@H]2O)Cc2cc(O)cc(O)c21. The van der Waals surface area contributed by atoms with Gasteiger partial charge in [-0.2, -0.15) is 0 Å². The molecule has 12 nitrogen and oxygen atoms in total. The number of phenolic OH excluding ortho intramolecular Hbond substituents is 4. The Hall–Kier alpha value is -4.88. The molecule has 0 amide bonds. The second-order valence-corrected chi connectivity index (χ2v) is 11.5. The number of hydrogen-bond acceptors (Lipinski definition) is 12. The molecule has 0 bridgehead atoms. The van der Waals surface area contributed by atoms with Gasteiger partial charge in [0.1, 0.15) is 47.9 Å². The number of phenols is 4. The summed E-state index contributed by atoms with van der Waals surface area (Å²) in [5.74, 6) is -1.83. The van der Waals surface area contributed by atoms with Crippen molar-refractivity contribution in [1.29, 1.82) is 0 Å². The van der Waals surface area contributed by atoms with Gasteiger partial charge >= 0.3 is 11.9 Å². The fraction of sp³-hybridized carbons (Fsp3) is 0.314. The maximum Gasteiger partial charge on any atom is 0.331 e. The Kier molecular flexibility index (Phi) is 10.5. The van der Waals surface area contributed by atoms with Crippen LogP contribution in [-0.2, 0) is 35.0 Å². The summed E-state index contributed by atoms with van der Waals surface area (Å²) in [6.45, 7) is 1.40. The van der Waals surface area contributed by atoms with Crippen molar-refractivity contribution in [2.75, 3.05) is 6.61 Å². The molecule has 6 N–H and O–H groups in total. The molecular formula is C35H36O12. The number of ether oxygens (including phenoxy) is 4. The molecule has 0 unspecified atom stereocenters.